The van der Waals surface area contributed by atoms with Crippen LogP contribution in [0.1, 0.15) is 33.1 Å². The van der Waals surface area contributed by atoms with Crippen molar-refractivity contribution in [1.29, 1.82) is 0 Å². The van der Waals surface area contributed by atoms with Crippen molar-refractivity contribution in [3.63, 3.8) is 0 Å². The lowest BCUT2D eigenvalue weighted by molar-refractivity contribution is 0.136. The van der Waals surface area contributed by atoms with Crippen LogP contribution in [0.2, 0.25) is 5.02 Å². The van der Waals surface area contributed by atoms with E-state index in [1.807, 2.05) is 18.2 Å². The molecule has 0 spiro atoms. The summed E-state index contributed by atoms with van der Waals surface area (Å²) in [6.07, 6.45) is 3.79. The molecule has 1 saturated heterocycles. The molecule has 1 N–H and O–H groups in total. The van der Waals surface area contributed by atoms with Gasteiger partial charge in [-0.1, -0.05) is 35.4 Å². The average Bonchev–Trinajstić information content (AvgIpc) is 2.78. The summed E-state index contributed by atoms with van der Waals surface area (Å²) in [6, 6.07) is 6.96. The number of thiazole rings is 1. The van der Waals surface area contributed by atoms with E-state index in [1.54, 1.807) is 11.3 Å². The number of rotatable bonds is 2. The fourth-order valence-corrected chi connectivity index (χ4v) is 3.87. The van der Waals surface area contributed by atoms with E-state index < -0.39 is 0 Å². The van der Waals surface area contributed by atoms with Crippen LogP contribution in [0.4, 0.5) is 5.13 Å². The third kappa shape index (κ3) is 2.57. The van der Waals surface area contributed by atoms with Gasteiger partial charge in [0.25, 0.3) is 0 Å². The quantitative estimate of drug-likeness (QED) is 0.881. The third-order valence-electron chi connectivity index (χ3n) is 3.79. The van der Waals surface area contributed by atoms with Crippen LogP contribution in [0.5, 0.6) is 0 Å². The molecular weight excluding hydrogens is 278 g/mol. The average molecular weight is 296 g/mol. The van der Waals surface area contributed by atoms with Crippen molar-refractivity contribution in [3.8, 4) is 0 Å². The number of fused-ring (bicyclic) bond motifs is 1. The lowest BCUT2D eigenvalue weighted by Crippen LogP contribution is -2.47. The van der Waals surface area contributed by atoms with Crippen molar-refractivity contribution in [2.24, 2.45) is 0 Å². The number of piperidine rings is 1. The van der Waals surface area contributed by atoms with Gasteiger partial charge in [0.05, 0.1) is 15.2 Å². The maximum absolute atomic E-state index is 6.20. The maximum atomic E-state index is 6.20. The second-order valence-electron chi connectivity index (χ2n) is 5.26. The largest absolute Gasteiger partial charge is 0.294 e. The van der Waals surface area contributed by atoms with Gasteiger partial charge in [0, 0.05) is 12.1 Å². The van der Waals surface area contributed by atoms with Gasteiger partial charge in [0.2, 0.25) is 0 Å². The SMILES string of the molecule is CC1CCCC(C)N1Nc1nc2cccc(Cl)c2s1. The summed E-state index contributed by atoms with van der Waals surface area (Å²) in [6.45, 7) is 4.53. The Kier molecular flexibility index (Phi) is 3.65. The van der Waals surface area contributed by atoms with E-state index in [1.165, 1.54) is 19.3 Å². The highest BCUT2D eigenvalue weighted by atomic mass is 35.5. The first-order chi connectivity index (χ1) is 9.15. The lowest BCUT2D eigenvalue weighted by atomic mass is 10.00. The Hall–Kier alpha value is -0.840. The lowest BCUT2D eigenvalue weighted by Gasteiger charge is -2.38. The standard InChI is InChI=1S/C14H18ClN3S/c1-9-5-3-6-10(2)18(9)17-14-16-12-8-4-7-11(15)13(12)19-14/h4,7-10H,3,5-6H2,1-2H3,(H,16,17). The van der Waals surface area contributed by atoms with Gasteiger partial charge >= 0.3 is 0 Å². The molecule has 2 heterocycles. The number of nitrogens with zero attached hydrogens (tertiary/aromatic N) is 2. The molecule has 3 rings (SSSR count). The highest BCUT2D eigenvalue weighted by Crippen LogP contribution is 2.33. The predicted octanol–water partition coefficient (Wildman–Crippen LogP) is 4.54. The van der Waals surface area contributed by atoms with E-state index in [4.69, 9.17) is 11.6 Å². The molecule has 0 bridgehead atoms. The van der Waals surface area contributed by atoms with Gasteiger partial charge < -0.3 is 0 Å². The number of hydrogen-bond donors (Lipinski definition) is 1. The zero-order valence-corrected chi connectivity index (χ0v) is 12.8. The predicted molar refractivity (Wildman–Crippen MR) is 82.9 cm³/mol. The zero-order valence-electron chi connectivity index (χ0n) is 11.2. The summed E-state index contributed by atoms with van der Waals surface area (Å²) < 4.78 is 1.06. The molecule has 0 aliphatic carbocycles. The molecule has 0 radical (unpaired) electrons. The van der Waals surface area contributed by atoms with E-state index in [2.05, 4.69) is 29.3 Å². The van der Waals surface area contributed by atoms with Gasteiger partial charge in [0.1, 0.15) is 0 Å². The highest BCUT2D eigenvalue weighted by molar-refractivity contribution is 7.22. The molecule has 19 heavy (non-hydrogen) atoms. The molecule has 2 unspecified atom stereocenters. The van der Waals surface area contributed by atoms with E-state index in [0.717, 1.165) is 20.4 Å². The molecule has 102 valence electrons. The Morgan fingerprint density at radius 2 is 2.05 bits per heavy atom. The van der Waals surface area contributed by atoms with E-state index >= 15 is 0 Å². The smallest absolute Gasteiger partial charge is 0.198 e. The number of halogens is 1. The zero-order chi connectivity index (χ0) is 13.4. The second-order valence-corrected chi connectivity index (χ2v) is 6.66. The van der Waals surface area contributed by atoms with E-state index in [-0.39, 0.29) is 0 Å². The summed E-state index contributed by atoms with van der Waals surface area (Å²) in [5.41, 5.74) is 4.45. The van der Waals surface area contributed by atoms with Gasteiger partial charge in [-0.05, 0) is 38.8 Å². The summed E-state index contributed by atoms with van der Waals surface area (Å²) in [7, 11) is 0. The molecule has 2 atom stereocenters. The normalized spacial score (nSPS) is 24.8. The Labute approximate surface area is 122 Å². The van der Waals surface area contributed by atoms with Crippen LogP contribution in [0.15, 0.2) is 18.2 Å². The number of hydrazine groups is 1. The molecule has 0 amide bonds. The molecule has 1 aliphatic heterocycles. The fourth-order valence-electron chi connectivity index (χ4n) is 2.72. The summed E-state index contributed by atoms with van der Waals surface area (Å²) in [5.74, 6) is 0. The maximum Gasteiger partial charge on any atom is 0.198 e. The van der Waals surface area contributed by atoms with Crippen molar-refractivity contribution in [1.82, 2.24) is 9.99 Å². The van der Waals surface area contributed by atoms with Crippen LogP contribution in [-0.4, -0.2) is 22.1 Å². The number of anilines is 1. The molecule has 1 aliphatic rings. The van der Waals surface area contributed by atoms with Crippen LogP contribution in [0.25, 0.3) is 10.2 Å². The first-order valence-electron chi connectivity index (χ1n) is 6.75. The van der Waals surface area contributed by atoms with Crippen molar-refractivity contribution in [2.45, 2.75) is 45.2 Å². The van der Waals surface area contributed by atoms with Crippen molar-refractivity contribution >= 4 is 38.3 Å². The van der Waals surface area contributed by atoms with Gasteiger partial charge in [-0.15, -0.1) is 0 Å². The Morgan fingerprint density at radius 1 is 1.32 bits per heavy atom. The number of aromatic nitrogens is 1. The molecule has 0 saturated carbocycles. The highest BCUT2D eigenvalue weighted by Gasteiger charge is 2.25. The monoisotopic (exact) mass is 295 g/mol. The first-order valence-corrected chi connectivity index (χ1v) is 7.94. The van der Waals surface area contributed by atoms with Crippen molar-refractivity contribution < 1.29 is 0 Å². The molecule has 1 aromatic carbocycles. The van der Waals surface area contributed by atoms with Crippen LogP contribution in [0.3, 0.4) is 0 Å². The molecule has 3 nitrogen and oxygen atoms in total. The van der Waals surface area contributed by atoms with Crippen LogP contribution < -0.4 is 5.43 Å². The molecule has 5 heteroatoms. The van der Waals surface area contributed by atoms with Gasteiger partial charge in [0.15, 0.2) is 5.13 Å². The summed E-state index contributed by atoms with van der Waals surface area (Å²) in [5, 5.41) is 4.04. The van der Waals surface area contributed by atoms with Crippen LogP contribution in [-0.2, 0) is 0 Å². The number of hydrogen-bond acceptors (Lipinski definition) is 4. The Bertz CT molecular complexity index is 573. The Morgan fingerprint density at radius 3 is 2.74 bits per heavy atom. The van der Waals surface area contributed by atoms with Crippen LogP contribution in [0, 0.1) is 0 Å². The minimum atomic E-state index is 0.547. The van der Waals surface area contributed by atoms with Gasteiger partial charge in [-0.25, -0.2) is 9.99 Å². The topological polar surface area (TPSA) is 28.2 Å². The van der Waals surface area contributed by atoms with E-state index in [0.29, 0.717) is 12.1 Å². The van der Waals surface area contributed by atoms with Crippen LogP contribution >= 0.6 is 22.9 Å². The summed E-state index contributed by atoms with van der Waals surface area (Å²) >= 11 is 7.83. The molecule has 2 aromatic rings. The number of benzene rings is 1. The minimum absolute atomic E-state index is 0.547. The second kappa shape index (κ2) is 5.27. The minimum Gasteiger partial charge on any atom is -0.294 e. The first kappa shape index (κ1) is 13.2. The van der Waals surface area contributed by atoms with Gasteiger partial charge in [-0.3, -0.25) is 5.43 Å². The molecule has 1 aromatic heterocycles. The van der Waals surface area contributed by atoms with Crippen molar-refractivity contribution in [3.05, 3.63) is 23.2 Å². The van der Waals surface area contributed by atoms with E-state index in [9.17, 15) is 0 Å². The van der Waals surface area contributed by atoms with Crippen molar-refractivity contribution in [2.75, 3.05) is 5.43 Å². The Balaban J connectivity index is 1.86. The molecule has 1 fully saturated rings. The fraction of sp³-hybridized carbons (Fsp3) is 0.500. The number of nitrogens with one attached hydrogen (secondary N) is 1. The van der Waals surface area contributed by atoms with Gasteiger partial charge in [-0.2, -0.15) is 0 Å². The third-order valence-corrected chi connectivity index (χ3v) is 5.22. The molecular formula is C14H18ClN3S. The summed E-state index contributed by atoms with van der Waals surface area (Å²) in [4.78, 5) is 4.62.